The summed E-state index contributed by atoms with van der Waals surface area (Å²) >= 11 is 2.01. The van der Waals surface area contributed by atoms with Gasteiger partial charge in [-0.05, 0) is 6.08 Å². The van der Waals surface area contributed by atoms with E-state index in [2.05, 4.69) is 20.5 Å². The summed E-state index contributed by atoms with van der Waals surface area (Å²) in [6.07, 6.45) is 5.31. The second-order valence-electron chi connectivity index (χ2n) is 1.94. The zero-order valence-electron chi connectivity index (χ0n) is 7.21. The maximum atomic E-state index is 4.14. The van der Waals surface area contributed by atoms with Crippen LogP contribution in [-0.2, 0) is 0 Å². The summed E-state index contributed by atoms with van der Waals surface area (Å²) in [4.78, 5) is 0. The van der Waals surface area contributed by atoms with Gasteiger partial charge in [0.05, 0.1) is 22.9 Å². The Morgan fingerprint density at radius 1 is 1.67 bits per heavy atom. The predicted molar refractivity (Wildman–Crippen MR) is 60.8 cm³/mol. The molecule has 4 nitrogen and oxygen atoms in total. The lowest BCUT2D eigenvalue weighted by molar-refractivity contribution is 0.486. The minimum atomic E-state index is 0.701. The maximum absolute atomic E-state index is 4.14. The third-order valence-corrected chi connectivity index (χ3v) is 1.53. The molecule has 0 aliphatic carbocycles. The fraction of sp³-hybridized carbons (Fsp3) is 0.286. The van der Waals surface area contributed by atoms with Gasteiger partial charge >= 0.3 is 0 Å². The third kappa shape index (κ3) is 5.00. The van der Waals surface area contributed by atoms with Gasteiger partial charge in [-0.1, -0.05) is 12.7 Å². The molecular formula is C7H13IN4. The molecule has 0 fully saturated rings. The molecule has 5 heteroatoms. The maximum Gasteiger partial charge on any atom is 0.222 e. The first kappa shape index (κ1) is 11.3. The van der Waals surface area contributed by atoms with Crippen LogP contribution in [0.2, 0.25) is 0 Å². The number of guanidine groups is 1. The molecule has 0 amide bonds. The number of halogens is 1. The zero-order valence-corrected chi connectivity index (χ0v) is 9.37. The topological polar surface area (TPSA) is 39.7 Å². The van der Waals surface area contributed by atoms with Crippen molar-refractivity contribution in [2.24, 2.45) is 5.10 Å². The van der Waals surface area contributed by atoms with Crippen LogP contribution < -0.4 is 8.85 Å². The lowest BCUT2D eigenvalue weighted by Crippen LogP contribution is -2.29. The number of nitrogens with one attached hydrogen (secondary N) is 2. The lowest BCUT2D eigenvalue weighted by Gasteiger charge is -2.09. The van der Waals surface area contributed by atoms with Crippen molar-refractivity contribution < 1.29 is 0 Å². The van der Waals surface area contributed by atoms with Gasteiger partial charge in [0.2, 0.25) is 5.96 Å². The average Bonchev–Trinajstić information content (AvgIpc) is 2.10. The summed E-state index contributed by atoms with van der Waals surface area (Å²) in [5.41, 5.74) is 0. The molecular weight excluding hydrogens is 267 g/mol. The first-order valence-corrected chi connectivity index (χ1v) is 4.47. The van der Waals surface area contributed by atoms with Crippen LogP contribution in [0.3, 0.4) is 0 Å². The number of allylic oxidation sites excluding steroid dienone is 2. The minimum Gasteiger partial charge on any atom is -0.357 e. The lowest BCUT2D eigenvalue weighted by atomic mass is 10.6. The van der Waals surface area contributed by atoms with Crippen molar-refractivity contribution in [3.63, 3.8) is 0 Å². The fourth-order valence-corrected chi connectivity index (χ4v) is 0.870. The Balaban J connectivity index is 4.09. The summed E-state index contributed by atoms with van der Waals surface area (Å²) in [6, 6.07) is 0. The van der Waals surface area contributed by atoms with E-state index in [1.807, 2.05) is 36.0 Å². The van der Waals surface area contributed by atoms with Crippen LogP contribution in [0.15, 0.2) is 30.0 Å². The molecule has 0 aromatic rings. The van der Waals surface area contributed by atoms with Crippen molar-refractivity contribution in [3.05, 3.63) is 24.9 Å². The molecule has 0 saturated carbocycles. The molecule has 0 atom stereocenters. The van der Waals surface area contributed by atoms with E-state index in [4.69, 9.17) is 0 Å². The Kier molecular flexibility index (Phi) is 6.54. The molecule has 0 radical (unpaired) electrons. The van der Waals surface area contributed by atoms with Crippen LogP contribution in [0.25, 0.3) is 0 Å². The summed E-state index contributed by atoms with van der Waals surface area (Å²) in [7, 11) is 3.64. The van der Waals surface area contributed by atoms with Gasteiger partial charge in [0, 0.05) is 20.3 Å². The smallest absolute Gasteiger partial charge is 0.222 e. The number of hydrogen-bond donors (Lipinski definition) is 2. The molecule has 0 saturated heterocycles. The second-order valence-corrected chi connectivity index (χ2v) is 2.48. The standard InChI is InChI=1S/C7H13IN4/c1-4-5-6-12(3)11-7(9-2)10-8/h4-6H,1H2,2-3H3,(H2,9,10,11)/b6-5-. The van der Waals surface area contributed by atoms with Crippen LogP contribution in [-0.4, -0.2) is 25.1 Å². The average molecular weight is 280 g/mol. The third-order valence-electron chi connectivity index (χ3n) is 1.02. The van der Waals surface area contributed by atoms with Crippen molar-refractivity contribution in [1.29, 1.82) is 0 Å². The van der Waals surface area contributed by atoms with E-state index >= 15 is 0 Å². The van der Waals surface area contributed by atoms with Crippen molar-refractivity contribution in [3.8, 4) is 0 Å². The van der Waals surface area contributed by atoms with Gasteiger partial charge in [0.1, 0.15) is 0 Å². The van der Waals surface area contributed by atoms with Gasteiger partial charge in [-0.25, -0.2) is 0 Å². The first-order valence-electron chi connectivity index (χ1n) is 3.39. The largest absolute Gasteiger partial charge is 0.357 e. The van der Waals surface area contributed by atoms with Gasteiger partial charge in [-0.2, -0.15) is 0 Å². The van der Waals surface area contributed by atoms with Crippen molar-refractivity contribution in [2.45, 2.75) is 0 Å². The second kappa shape index (κ2) is 6.96. The van der Waals surface area contributed by atoms with Gasteiger partial charge in [0.25, 0.3) is 0 Å². The summed E-state index contributed by atoms with van der Waals surface area (Å²) < 4.78 is 2.87. The molecule has 0 heterocycles. The molecule has 0 aliphatic rings. The predicted octanol–water partition coefficient (Wildman–Crippen LogP) is 1.05. The van der Waals surface area contributed by atoms with E-state index in [0.717, 1.165) is 0 Å². The van der Waals surface area contributed by atoms with Crippen LogP contribution in [0.1, 0.15) is 0 Å². The van der Waals surface area contributed by atoms with Crippen LogP contribution in [0.4, 0.5) is 0 Å². The van der Waals surface area contributed by atoms with E-state index in [1.165, 1.54) is 0 Å². The number of rotatable bonds is 3. The molecule has 68 valence electrons. The highest BCUT2D eigenvalue weighted by Crippen LogP contribution is 1.86. The van der Waals surface area contributed by atoms with Crippen molar-refractivity contribution in [1.82, 2.24) is 13.9 Å². The Morgan fingerprint density at radius 3 is 2.75 bits per heavy atom. The SMILES string of the molecule is C=C/C=C\N(C)/N=C(\NC)NI. The molecule has 12 heavy (non-hydrogen) atoms. The molecule has 2 N–H and O–H groups in total. The molecule has 0 rings (SSSR count). The summed E-state index contributed by atoms with van der Waals surface area (Å²) in [5.74, 6) is 0.701. The molecule has 0 aromatic heterocycles. The molecule has 0 spiro atoms. The first-order chi connectivity index (χ1) is 5.74. The Hall–Kier alpha value is -0.720. The van der Waals surface area contributed by atoms with Crippen molar-refractivity contribution >= 4 is 28.8 Å². The van der Waals surface area contributed by atoms with E-state index in [0.29, 0.717) is 5.96 Å². The highest BCUT2D eigenvalue weighted by Gasteiger charge is 1.91. The molecule has 0 aromatic carbocycles. The Bertz CT molecular complexity index is 182. The monoisotopic (exact) mass is 280 g/mol. The normalized spacial score (nSPS) is 11.4. The van der Waals surface area contributed by atoms with E-state index in [1.54, 1.807) is 24.3 Å². The Labute approximate surface area is 86.9 Å². The quantitative estimate of drug-likeness (QED) is 0.203. The highest BCUT2D eigenvalue weighted by atomic mass is 127. The molecule has 0 unspecified atom stereocenters. The van der Waals surface area contributed by atoms with E-state index < -0.39 is 0 Å². The fourth-order valence-electron chi connectivity index (χ4n) is 0.493. The van der Waals surface area contributed by atoms with Crippen LogP contribution in [0, 0.1) is 0 Å². The van der Waals surface area contributed by atoms with Gasteiger partial charge < -0.3 is 5.32 Å². The number of hydrogen-bond acceptors (Lipinski definition) is 2. The minimum absolute atomic E-state index is 0.701. The van der Waals surface area contributed by atoms with E-state index in [9.17, 15) is 0 Å². The van der Waals surface area contributed by atoms with Gasteiger partial charge in [0.15, 0.2) is 0 Å². The Morgan fingerprint density at radius 2 is 2.33 bits per heavy atom. The van der Waals surface area contributed by atoms with Gasteiger partial charge in [-0.3, -0.25) is 8.54 Å². The van der Waals surface area contributed by atoms with E-state index in [-0.39, 0.29) is 0 Å². The zero-order chi connectivity index (χ0) is 9.40. The summed E-state index contributed by atoms with van der Waals surface area (Å²) in [5, 5.41) is 8.71. The number of nitrogens with zero attached hydrogens (tertiary/aromatic N) is 2. The number of hydrazone groups is 1. The molecule has 0 bridgehead atoms. The summed E-state index contributed by atoms with van der Waals surface area (Å²) in [6.45, 7) is 3.56. The molecule has 0 aliphatic heterocycles. The highest BCUT2D eigenvalue weighted by molar-refractivity contribution is 14.1. The van der Waals surface area contributed by atoms with Gasteiger partial charge in [-0.15, -0.1) is 5.10 Å². The van der Waals surface area contributed by atoms with Crippen LogP contribution in [0.5, 0.6) is 0 Å². The van der Waals surface area contributed by atoms with Crippen LogP contribution >= 0.6 is 22.9 Å². The van der Waals surface area contributed by atoms with Crippen molar-refractivity contribution in [2.75, 3.05) is 14.1 Å².